The second kappa shape index (κ2) is 9.30. The van der Waals surface area contributed by atoms with Gasteiger partial charge in [-0.1, -0.05) is 18.6 Å². The summed E-state index contributed by atoms with van der Waals surface area (Å²) < 4.78 is 13.6. The van der Waals surface area contributed by atoms with Crippen molar-refractivity contribution in [1.29, 1.82) is 0 Å². The van der Waals surface area contributed by atoms with Crippen molar-refractivity contribution >= 4 is 39.2 Å². The molecule has 1 fully saturated rings. The lowest BCUT2D eigenvalue weighted by Gasteiger charge is -2.35. The smallest absolute Gasteiger partial charge is 0.261 e. The molecule has 1 aromatic carbocycles. The van der Waals surface area contributed by atoms with Crippen molar-refractivity contribution in [3.63, 3.8) is 0 Å². The number of ketones is 1. The summed E-state index contributed by atoms with van der Waals surface area (Å²) in [5.74, 6) is -1.42. The number of pyridine rings is 2. The lowest BCUT2D eigenvalue weighted by atomic mass is 9.79. The molecule has 2 aromatic heterocycles. The Bertz CT molecular complexity index is 1330. The molecular weight excluding hydrogens is 515 g/mol. The van der Waals surface area contributed by atoms with Crippen LogP contribution in [0.25, 0.3) is 0 Å². The number of nitrogens with two attached hydrogens (primary N) is 1. The summed E-state index contributed by atoms with van der Waals surface area (Å²) in [5.41, 5.74) is 8.40. The summed E-state index contributed by atoms with van der Waals surface area (Å²) in [6.07, 6.45) is 6.39. The van der Waals surface area contributed by atoms with E-state index in [4.69, 9.17) is 5.73 Å². The minimum absolute atomic E-state index is 0.000577. The number of nitrogen functional groups attached to an aromatic ring is 1. The number of aromatic nitrogens is 2. The highest BCUT2D eigenvalue weighted by molar-refractivity contribution is 9.10. The Morgan fingerprint density at radius 3 is 2.57 bits per heavy atom. The number of benzene rings is 1. The van der Waals surface area contributed by atoms with E-state index in [0.717, 1.165) is 36.5 Å². The quantitative estimate of drug-likeness (QED) is 0.287. The highest BCUT2D eigenvalue weighted by Gasteiger charge is 2.41. The summed E-state index contributed by atoms with van der Waals surface area (Å²) in [5, 5.41) is 0. The molecule has 5 rings (SSSR count). The first-order valence-electron chi connectivity index (χ1n) is 11.4. The molecule has 9 heteroatoms. The number of amides is 2. The minimum atomic E-state index is -0.637. The molecule has 3 heterocycles. The zero-order valence-corrected chi connectivity index (χ0v) is 20.3. The fraction of sp³-hybridized carbons (Fsp3) is 0.269. The van der Waals surface area contributed by atoms with Crippen molar-refractivity contribution in [1.82, 2.24) is 14.9 Å². The predicted octanol–water partition coefficient (Wildman–Crippen LogP) is 4.71. The summed E-state index contributed by atoms with van der Waals surface area (Å²) in [6.45, 7) is 0. The number of rotatable bonds is 5. The van der Waals surface area contributed by atoms with E-state index in [2.05, 4.69) is 25.9 Å². The van der Waals surface area contributed by atoms with Crippen LogP contribution in [0.4, 0.5) is 10.1 Å². The van der Waals surface area contributed by atoms with E-state index in [1.807, 2.05) is 6.07 Å². The molecule has 2 amide bonds. The van der Waals surface area contributed by atoms with Gasteiger partial charge in [0.05, 0.1) is 16.8 Å². The monoisotopic (exact) mass is 536 g/mol. The molecule has 3 aromatic rings. The average Bonchev–Trinajstić information content (AvgIpc) is 3.11. The topological polar surface area (TPSA) is 106 Å². The van der Waals surface area contributed by atoms with Gasteiger partial charge >= 0.3 is 0 Å². The van der Waals surface area contributed by atoms with E-state index >= 15 is 0 Å². The van der Waals surface area contributed by atoms with Gasteiger partial charge in [0.15, 0.2) is 11.6 Å². The largest absolute Gasteiger partial charge is 0.397 e. The maximum atomic E-state index is 13.7. The highest BCUT2D eigenvalue weighted by atomic mass is 79.9. The molecule has 1 saturated carbocycles. The first-order chi connectivity index (χ1) is 16.8. The Balaban J connectivity index is 1.38. The maximum absolute atomic E-state index is 13.7. The molecule has 1 aliphatic heterocycles. The first kappa shape index (κ1) is 23.3. The van der Waals surface area contributed by atoms with E-state index in [1.165, 1.54) is 4.90 Å². The second-order valence-electron chi connectivity index (χ2n) is 8.92. The van der Waals surface area contributed by atoms with Crippen LogP contribution in [0.1, 0.15) is 73.9 Å². The minimum Gasteiger partial charge on any atom is -0.397 e. The molecule has 1 aliphatic carbocycles. The van der Waals surface area contributed by atoms with Crippen molar-refractivity contribution in [3.8, 4) is 0 Å². The zero-order chi connectivity index (χ0) is 24.7. The Morgan fingerprint density at radius 2 is 1.86 bits per heavy atom. The Kier molecular flexibility index (Phi) is 6.19. The molecule has 0 spiro atoms. The van der Waals surface area contributed by atoms with Gasteiger partial charge in [-0.15, -0.1) is 0 Å². The number of Topliss-reactive ketones (excluding diaryl/α,β-unsaturated/α-hetero) is 1. The van der Waals surface area contributed by atoms with Crippen LogP contribution in [0.3, 0.4) is 0 Å². The summed E-state index contributed by atoms with van der Waals surface area (Å²) >= 11 is 3.00. The van der Waals surface area contributed by atoms with Crippen LogP contribution in [0.2, 0.25) is 0 Å². The van der Waals surface area contributed by atoms with Crippen molar-refractivity contribution in [2.45, 2.75) is 44.1 Å². The van der Waals surface area contributed by atoms with Gasteiger partial charge < -0.3 is 5.73 Å². The van der Waals surface area contributed by atoms with Crippen LogP contribution in [0, 0.1) is 5.82 Å². The van der Waals surface area contributed by atoms with Crippen LogP contribution in [-0.2, 0) is 6.42 Å². The second-order valence-corrected chi connectivity index (χ2v) is 9.67. The molecule has 0 radical (unpaired) electrons. The number of halogens is 2. The number of imide groups is 1. The van der Waals surface area contributed by atoms with Gasteiger partial charge in [-0.2, -0.15) is 0 Å². The van der Waals surface area contributed by atoms with Gasteiger partial charge in [0.2, 0.25) is 0 Å². The van der Waals surface area contributed by atoms with Crippen LogP contribution in [0.15, 0.2) is 53.4 Å². The zero-order valence-electron chi connectivity index (χ0n) is 18.7. The molecule has 178 valence electrons. The third-order valence-corrected chi connectivity index (χ3v) is 7.35. The Labute approximate surface area is 209 Å². The Morgan fingerprint density at radius 1 is 1.14 bits per heavy atom. The molecule has 2 N–H and O–H groups in total. The van der Waals surface area contributed by atoms with Gasteiger partial charge in [-0.05, 0) is 70.4 Å². The highest BCUT2D eigenvalue weighted by Crippen LogP contribution is 2.39. The summed E-state index contributed by atoms with van der Waals surface area (Å²) in [4.78, 5) is 48.6. The van der Waals surface area contributed by atoms with Gasteiger partial charge in [-0.3, -0.25) is 24.3 Å². The third kappa shape index (κ3) is 4.25. The van der Waals surface area contributed by atoms with Crippen LogP contribution < -0.4 is 5.73 Å². The number of carbonyl (C=O) groups is 3. The van der Waals surface area contributed by atoms with Crippen molar-refractivity contribution < 1.29 is 18.8 Å². The lowest BCUT2D eigenvalue weighted by molar-refractivity contribution is 0.0539. The summed E-state index contributed by atoms with van der Waals surface area (Å²) in [7, 11) is 0. The molecule has 35 heavy (non-hydrogen) atoms. The third-order valence-electron chi connectivity index (χ3n) is 6.80. The van der Waals surface area contributed by atoms with Gasteiger partial charge in [-0.25, -0.2) is 9.37 Å². The van der Waals surface area contributed by atoms with E-state index in [-0.39, 0.29) is 52.0 Å². The number of fused-ring (bicyclic) bond motifs is 1. The molecule has 0 saturated heterocycles. The fourth-order valence-electron chi connectivity index (χ4n) is 5.16. The molecule has 7 nitrogen and oxygen atoms in total. The molecular formula is C26H22BrFN4O3. The van der Waals surface area contributed by atoms with Crippen molar-refractivity contribution in [2.24, 2.45) is 0 Å². The van der Waals surface area contributed by atoms with E-state index in [9.17, 15) is 18.8 Å². The normalized spacial score (nSPS) is 19.7. The molecule has 2 aliphatic rings. The van der Waals surface area contributed by atoms with Crippen molar-refractivity contribution in [2.75, 3.05) is 5.73 Å². The molecule has 1 unspecified atom stereocenters. The maximum Gasteiger partial charge on any atom is 0.261 e. The molecule has 2 atom stereocenters. The number of hydrogen-bond donors (Lipinski definition) is 1. The van der Waals surface area contributed by atoms with Gasteiger partial charge in [0.1, 0.15) is 10.3 Å². The fourth-order valence-corrected chi connectivity index (χ4v) is 5.46. The standard InChI is InChI=1S/C26H22BrFN4O3/c27-24-20(28)12-21(29)23(31-24)22(33)11-15-13-30-9-8-17(15)14-4-3-5-16(10-14)32-25(34)18-6-1-2-7-19(18)26(32)35/h1-2,6-9,12-14,16H,3-5,10-11,29H2/t14?,16-/m0/s1. The van der Waals surface area contributed by atoms with E-state index in [0.29, 0.717) is 17.5 Å². The SMILES string of the molecule is Nc1cc(F)c(Br)nc1C(=O)Cc1cnccc1C1CCC[C@H](N2C(=O)c3ccccc3C2=O)C1. The number of nitrogens with zero attached hydrogens (tertiary/aromatic N) is 3. The Hall–Kier alpha value is -3.46. The van der Waals surface area contributed by atoms with E-state index < -0.39 is 5.82 Å². The number of anilines is 1. The van der Waals surface area contributed by atoms with Crippen molar-refractivity contribution in [3.05, 3.63) is 87.2 Å². The van der Waals surface area contributed by atoms with Gasteiger partial charge in [0.25, 0.3) is 11.8 Å². The van der Waals surface area contributed by atoms with E-state index in [1.54, 1.807) is 36.7 Å². The van der Waals surface area contributed by atoms with Crippen LogP contribution in [0.5, 0.6) is 0 Å². The first-order valence-corrected chi connectivity index (χ1v) is 12.2. The average molecular weight is 537 g/mol. The van der Waals surface area contributed by atoms with Crippen LogP contribution in [-0.4, -0.2) is 38.5 Å². The molecule has 0 bridgehead atoms. The number of carbonyl (C=O) groups excluding carboxylic acids is 3. The predicted molar refractivity (Wildman–Crippen MR) is 131 cm³/mol. The number of hydrogen-bond acceptors (Lipinski definition) is 6. The van der Waals surface area contributed by atoms with Gasteiger partial charge in [0, 0.05) is 30.9 Å². The summed E-state index contributed by atoms with van der Waals surface area (Å²) in [6, 6.07) is 9.64. The lowest BCUT2D eigenvalue weighted by Crippen LogP contribution is -2.42. The van der Waals surface area contributed by atoms with Crippen LogP contribution >= 0.6 is 15.9 Å².